The van der Waals surface area contributed by atoms with E-state index < -0.39 is 8.32 Å². The van der Waals surface area contributed by atoms with Crippen molar-refractivity contribution in [1.82, 2.24) is 0 Å². The van der Waals surface area contributed by atoms with Crippen LogP contribution in [-0.4, -0.2) is 21.5 Å². The van der Waals surface area contributed by atoms with Gasteiger partial charge in [-0.05, 0) is 62.0 Å². The molecule has 0 aliphatic heterocycles. The molecule has 1 heterocycles. The minimum absolute atomic E-state index is 0.286. The predicted octanol–water partition coefficient (Wildman–Crippen LogP) is 8.62. The average Bonchev–Trinajstić information content (AvgIpc) is 3.18. The van der Waals surface area contributed by atoms with Gasteiger partial charge in [0, 0.05) is 23.6 Å². The lowest BCUT2D eigenvalue weighted by molar-refractivity contribution is 0.283. The van der Waals surface area contributed by atoms with Crippen molar-refractivity contribution in [3.05, 3.63) is 66.7 Å². The lowest BCUT2D eigenvalue weighted by atomic mass is 10.1. The lowest BCUT2D eigenvalue weighted by Crippen LogP contribution is -2.40. The number of allylic oxidation sites excluding steroid dienone is 2. The van der Waals surface area contributed by atoms with Crippen molar-refractivity contribution in [3.8, 4) is 17.1 Å². The summed E-state index contributed by atoms with van der Waals surface area (Å²) < 4.78 is 18.2. The second-order valence-corrected chi connectivity index (χ2v) is 14.7. The molecule has 0 radical (unpaired) electrons. The molecule has 0 saturated heterocycles. The second kappa shape index (κ2) is 11.0. The molecular weight excluding hydrogens is 412 g/mol. The third kappa shape index (κ3) is 6.85. The Morgan fingerprint density at radius 2 is 1.56 bits per heavy atom. The molecule has 0 spiro atoms. The van der Waals surface area contributed by atoms with Crippen LogP contribution in [0.3, 0.4) is 0 Å². The van der Waals surface area contributed by atoms with Crippen LogP contribution in [0, 0.1) is 0 Å². The summed E-state index contributed by atoms with van der Waals surface area (Å²) in [5.41, 5.74) is 1.95. The van der Waals surface area contributed by atoms with Crippen LogP contribution in [0.4, 0.5) is 0 Å². The van der Waals surface area contributed by atoms with Gasteiger partial charge >= 0.3 is 0 Å². The molecule has 2 aromatic carbocycles. The number of hydrogen-bond acceptors (Lipinski definition) is 3. The number of ether oxygens (including phenoxy) is 1. The second-order valence-electron chi connectivity index (χ2n) is 9.89. The molecule has 0 atom stereocenters. The van der Waals surface area contributed by atoms with Gasteiger partial charge in [0.15, 0.2) is 8.32 Å². The van der Waals surface area contributed by atoms with Crippen LogP contribution in [-0.2, 0) is 4.43 Å². The summed E-state index contributed by atoms with van der Waals surface area (Å²) in [5.74, 6) is 1.75. The van der Waals surface area contributed by atoms with Gasteiger partial charge in [-0.3, -0.25) is 0 Å². The molecule has 3 rings (SSSR count). The van der Waals surface area contributed by atoms with Gasteiger partial charge < -0.3 is 13.6 Å². The third-order valence-electron chi connectivity index (χ3n) is 6.28. The monoisotopic (exact) mass is 450 g/mol. The van der Waals surface area contributed by atoms with Crippen molar-refractivity contribution in [2.45, 2.75) is 64.6 Å². The van der Waals surface area contributed by atoms with Crippen molar-refractivity contribution in [2.24, 2.45) is 0 Å². The van der Waals surface area contributed by atoms with E-state index in [2.05, 4.69) is 70.3 Å². The molecular formula is C28H38O3Si. The Hall–Kier alpha value is -2.30. The van der Waals surface area contributed by atoms with Crippen LogP contribution < -0.4 is 4.74 Å². The quantitative estimate of drug-likeness (QED) is 0.166. The van der Waals surface area contributed by atoms with Gasteiger partial charge in [-0.2, -0.15) is 0 Å². The standard InChI is InChI=1S/C28H38O3Si/c1-28(2,3)32(4,5)30-20-14-9-7-6-8-13-19-29-25-18-17-24-21-26(31-27(24)22-25)23-15-11-10-12-16-23/h6-7,10-12,15-18,21-22H,8-9,13-14,19-20H2,1-5H3/b7-6+. The Morgan fingerprint density at radius 1 is 0.875 bits per heavy atom. The maximum absolute atomic E-state index is 6.22. The number of benzene rings is 2. The van der Waals surface area contributed by atoms with E-state index in [-0.39, 0.29) is 5.04 Å². The highest BCUT2D eigenvalue weighted by Gasteiger charge is 2.36. The minimum atomic E-state index is -1.60. The van der Waals surface area contributed by atoms with E-state index in [1.807, 2.05) is 30.3 Å². The molecule has 3 aromatic rings. The van der Waals surface area contributed by atoms with Crippen molar-refractivity contribution < 1.29 is 13.6 Å². The van der Waals surface area contributed by atoms with Gasteiger partial charge in [-0.25, -0.2) is 0 Å². The summed E-state index contributed by atoms with van der Waals surface area (Å²) >= 11 is 0. The molecule has 0 aliphatic rings. The van der Waals surface area contributed by atoms with Crippen LogP contribution >= 0.6 is 0 Å². The Kier molecular flexibility index (Phi) is 8.38. The predicted molar refractivity (Wildman–Crippen MR) is 138 cm³/mol. The number of hydrogen-bond donors (Lipinski definition) is 0. The summed E-state index contributed by atoms with van der Waals surface area (Å²) in [6.07, 6.45) is 8.74. The fourth-order valence-corrected chi connectivity index (χ4v) is 4.31. The Morgan fingerprint density at radius 3 is 2.25 bits per heavy atom. The summed E-state index contributed by atoms with van der Waals surface area (Å²) in [6, 6.07) is 18.3. The van der Waals surface area contributed by atoms with E-state index in [0.29, 0.717) is 6.61 Å². The maximum atomic E-state index is 6.22. The summed E-state index contributed by atoms with van der Waals surface area (Å²) in [7, 11) is -1.60. The van der Waals surface area contributed by atoms with Crippen molar-refractivity contribution in [1.29, 1.82) is 0 Å². The van der Waals surface area contributed by atoms with Gasteiger partial charge in [0.05, 0.1) is 6.61 Å². The summed E-state index contributed by atoms with van der Waals surface area (Å²) in [6.45, 7) is 13.1. The SMILES string of the molecule is CC(C)(C)[Si](C)(C)OCCC/C=C/CCCOc1ccc2cc(-c3ccccc3)oc2c1. The molecule has 32 heavy (non-hydrogen) atoms. The Bertz CT molecular complexity index is 996. The first-order chi connectivity index (χ1) is 15.3. The highest BCUT2D eigenvalue weighted by molar-refractivity contribution is 6.74. The molecule has 172 valence electrons. The number of fused-ring (bicyclic) bond motifs is 1. The van der Waals surface area contributed by atoms with E-state index in [1.54, 1.807) is 0 Å². The summed E-state index contributed by atoms with van der Waals surface area (Å²) in [5, 5.41) is 1.38. The first-order valence-electron chi connectivity index (χ1n) is 11.8. The molecule has 1 aromatic heterocycles. The largest absolute Gasteiger partial charge is 0.493 e. The van der Waals surface area contributed by atoms with Crippen LogP contribution in [0.1, 0.15) is 46.5 Å². The first-order valence-corrected chi connectivity index (χ1v) is 14.7. The fourth-order valence-electron chi connectivity index (χ4n) is 3.22. The topological polar surface area (TPSA) is 31.6 Å². The maximum Gasteiger partial charge on any atom is 0.191 e. The Balaban J connectivity index is 1.34. The third-order valence-corrected chi connectivity index (χ3v) is 10.8. The van der Waals surface area contributed by atoms with Crippen molar-refractivity contribution in [3.63, 3.8) is 0 Å². The van der Waals surface area contributed by atoms with Crippen molar-refractivity contribution in [2.75, 3.05) is 13.2 Å². The Labute approximate surface area is 194 Å². The molecule has 0 N–H and O–H groups in total. The molecule has 0 saturated carbocycles. The van der Waals surface area contributed by atoms with Gasteiger partial charge in [-0.1, -0.05) is 63.3 Å². The fraction of sp³-hybridized carbons (Fsp3) is 0.429. The van der Waals surface area contributed by atoms with E-state index in [9.17, 15) is 0 Å². The number of unbranched alkanes of at least 4 members (excludes halogenated alkanes) is 2. The van der Waals surface area contributed by atoms with E-state index in [1.165, 1.54) is 0 Å². The molecule has 0 unspecified atom stereocenters. The zero-order valence-corrected chi connectivity index (χ0v) is 21.3. The minimum Gasteiger partial charge on any atom is -0.493 e. The van der Waals surface area contributed by atoms with Crippen molar-refractivity contribution >= 4 is 19.3 Å². The van der Waals surface area contributed by atoms with E-state index in [4.69, 9.17) is 13.6 Å². The van der Waals surface area contributed by atoms with Gasteiger partial charge in [-0.15, -0.1) is 0 Å². The van der Waals surface area contributed by atoms with Crippen LogP contribution in [0.5, 0.6) is 5.75 Å². The zero-order valence-electron chi connectivity index (χ0n) is 20.3. The molecule has 3 nitrogen and oxygen atoms in total. The zero-order chi connectivity index (χ0) is 23.0. The lowest BCUT2D eigenvalue weighted by Gasteiger charge is -2.36. The van der Waals surface area contributed by atoms with Crippen LogP contribution in [0.25, 0.3) is 22.3 Å². The highest BCUT2D eigenvalue weighted by Crippen LogP contribution is 2.36. The normalized spacial score (nSPS) is 12.7. The van der Waals surface area contributed by atoms with E-state index >= 15 is 0 Å². The molecule has 0 aliphatic carbocycles. The van der Waals surface area contributed by atoms with Crippen LogP contribution in [0.15, 0.2) is 71.2 Å². The number of rotatable bonds is 11. The highest BCUT2D eigenvalue weighted by atomic mass is 28.4. The van der Waals surface area contributed by atoms with Gasteiger partial charge in [0.1, 0.15) is 17.1 Å². The first kappa shape index (κ1) is 24.3. The van der Waals surface area contributed by atoms with Crippen LogP contribution in [0.2, 0.25) is 18.1 Å². The molecule has 0 bridgehead atoms. The molecule has 0 amide bonds. The number of furan rings is 1. The molecule has 4 heteroatoms. The smallest absolute Gasteiger partial charge is 0.191 e. The molecule has 0 fully saturated rings. The summed E-state index contributed by atoms with van der Waals surface area (Å²) in [4.78, 5) is 0. The van der Waals surface area contributed by atoms with Gasteiger partial charge in [0.25, 0.3) is 0 Å². The average molecular weight is 451 g/mol. The van der Waals surface area contributed by atoms with Gasteiger partial charge in [0.2, 0.25) is 0 Å². The van der Waals surface area contributed by atoms with E-state index in [0.717, 1.165) is 60.3 Å².